The molecule has 0 bridgehead atoms. The van der Waals surface area contributed by atoms with E-state index in [1.807, 2.05) is 48.5 Å². The predicted molar refractivity (Wildman–Crippen MR) is 157 cm³/mol. The van der Waals surface area contributed by atoms with Crippen molar-refractivity contribution in [1.29, 1.82) is 0 Å². The molecule has 6 aromatic carbocycles. The number of oxazole rings is 1. The van der Waals surface area contributed by atoms with E-state index in [9.17, 15) is 0 Å². The molecular weight excluding hydrogens is 464 g/mol. The molecule has 38 heavy (non-hydrogen) atoms. The number of nitrogens with zero attached hydrogens (tertiary/aromatic N) is 2. The summed E-state index contributed by atoms with van der Waals surface area (Å²) in [6, 6.07) is 50.3. The molecule has 0 saturated heterocycles. The van der Waals surface area contributed by atoms with Crippen LogP contribution in [0.25, 0.3) is 44.5 Å². The van der Waals surface area contributed by atoms with Gasteiger partial charge in [0.1, 0.15) is 5.52 Å². The monoisotopic (exact) mass is 488 g/mol. The van der Waals surface area contributed by atoms with E-state index in [1.54, 1.807) is 0 Å². The van der Waals surface area contributed by atoms with Crippen LogP contribution in [-0.2, 0) is 0 Å². The molecule has 0 radical (unpaired) electrons. The normalized spacial score (nSPS) is 11.2. The zero-order chi connectivity index (χ0) is 25.3. The smallest absolute Gasteiger partial charge is 0.227 e. The fourth-order valence-electron chi connectivity index (χ4n) is 5.06. The van der Waals surface area contributed by atoms with Crippen molar-refractivity contribution in [1.82, 2.24) is 4.98 Å². The Morgan fingerprint density at radius 1 is 0.474 bits per heavy atom. The Balaban J connectivity index is 1.44. The van der Waals surface area contributed by atoms with Gasteiger partial charge in [-0.1, -0.05) is 97.1 Å². The quantitative estimate of drug-likeness (QED) is 0.241. The van der Waals surface area contributed by atoms with Crippen molar-refractivity contribution < 1.29 is 4.42 Å². The molecule has 0 N–H and O–H groups in total. The maximum absolute atomic E-state index is 6.47. The largest absolute Gasteiger partial charge is 0.435 e. The molecule has 3 nitrogen and oxygen atoms in total. The van der Waals surface area contributed by atoms with Gasteiger partial charge in [0.15, 0.2) is 5.58 Å². The van der Waals surface area contributed by atoms with Gasteiger partial charge in [0.05, 0.1) is 11.1 Å². The van der Waals surface area contributed by atoms with Gasteiger partial charge in [0.2, 0.25) is 5.89 Å². The number of benzene rings is 6. The van der Waals surface area contributed by atoms with Crippen LogP contribution in [0.15, 0.2) is 150 Å². The number of rotatable bonds is 5. The molecule has 1 aromatic heterocycles. The third kappa shape index (κ3) is 3.91. The highest BCUT2D eigenvalue weighted by molar-refractivity contribution is 6.12. The molecule has 0 atom stereocenters. The Morgan fingerprint density at radius 2 is 1.08 bits per heavy atom. The topological polar surface area (TPSA) is 29.3 Å². The summed E-state index contributed by atoms with van der Waals surface area (Å²) in [5.74, 6) is 0.626. The van der Waals surface area contributed by atoms with Crippen LogP contribution >= 0.6 is 0 Å². The van der Waals surface area contributed by atoms with Gasteiger partial charge in [-0.2, -0.15) is 0 Å². The summed E-state index contributed by atoms with van der Waals surface area (Å²) >= 11 is 0. The SMILES string of the molecule is c1ccc(-c2ccc(N(c3ccccc3)c3cccc4ccc5nc(-c6ccccc6)oc5c34)cc2)cc1. The molecule has 0 saturated carbocycles. The maximum Gasteiger partial charge on any atom is 0.227 e. The van der Waals surface area contributed by atoms with E-state index < -0.39 is 0 Å². The third-order valence-corrected chi connectivity index (χ3v) is 6.88. The number of hydrogen-bond acceptors (Lipinski definition) is 3. The molecule has 180 valence electrons. The first-order chi connectivity index (χ1) is 18.8. The fourth-order valence-corrected chi connectivity index (χ4v) is 5.06. The minimum atomic E-state index is 0.626. The van der Waals surface area contributed by atoms with Crippen molar-refractivity contribution in [2.75, 3.05) is 4.90 Å². The molecular formula is C35H24N2O. The van der Waals surface area contributed by atoms with Gasteiger partial charge in [0.25, 0.3) is 0 Å². The lowest BCUT2D eigenvalue weighted by molar-refractivity contribution is 0.623. The van der Waals surface area contributed by atoms with Gasteiger partial charge in [-0.15, -0.1) is 0 Å². The molecule has 1 heterocycles. The predicted octanol–water partition coefficient (Wildman–Crippen LogP) is 9.78. The Morgan fingerprint density at radius 3 is 1.79 bits per heavy atom. The average Bonchev–Trinajstić information content (AvgIpc) is 3.44. The molecule has 7 rings (SSSR count). The van der Waals surface area contributed by atoms with Gasteiger partial charge in [-0.3, -0.25) is 0 Å². The summed E-state index contributed by atoms with van der Waals surface area (Å²) in [6.45, 7) is 0. The van der Waals surface area contributed by atoms with Crippen LogP contribution in [0.4, 0.5) is 17.1 Å². The van der Waals surface area contributed by atoms with Gasteiger partial charge in [-0.05, 0) is 65.0 Å². The molecule has 0 aliphatic carbocycles. The van der Waals surface area contributed by atoms with E-state index >= 15 is 0 Å². The van der Waals surface area contributed by atoms with E-state index in [-0.39, 0.29) is 0 Å². The number of fused-ring (bicyclic) bond motifs is 3. The summed E-state index contributed by atoms with van der Waals surface area (Å²) in [5.41, 5.74) is 8.18. The number of para-hydroxylation sites is 1. The lowest BCUT2D eigenvalue weighted by Gasteiger charge is -2.27. The van der Waals surface area contributed by atoms with Gasteiger partial charge in [-0.25, -0.2) is 4.98 Å². The second-order valence-electron chi connectivity index (χ2n) is 9.26. The summed E-state index contributed by atoms with van der Waals surface area (Å²) in [7, 11) is 0. The molecule has 0 amide bonds. The van der Waals surface area contributed by atoms with Crippen molar-refractivity contribution in [3.05, 3.63) is 146 Å². The molecule has 0 aliphatic rings. The van der Waals surface area contributed by atoms with Crippen molar-refractivity contribution in [2.24, 2.45) is 0 Å². The van der Waals surface area contributed by atoms with Crippen LogP contribution in [0.2, 0.25) is 0 Å². The standard InChI is InChI=1S/C35H24N2O/c1-4-11-25(12-5-1)26-19-22-30(23-20-26)37(29-16-8-3-9-17-29)32-18-10-15-27-21-24-31-34(33(27)32)38-35(36-31)28-13-6-2-7-14-28/h1-24H. The second kappa shape index (κ2) is 9.38. The molecule has 0 spiro atoms. The summed E-state index contributed by atoms with van der Waals surface area (Å²) in [5, 5.41) is 2.14. The lowest BCUT2D eigenvalue weighted by atomic mass is 10.0. The van der Waals surface area contributed by atoms with Gasteiger partial charge in [0, 0.05) is 16.9 Å². The van der Waals surface area contributed by atoms with Crippen molar-refractivity contribution in [3.8, 4) is 22.6 Å². The highest BCUT2D eigenvalue weighted by Crippen LogP contribution is 2.42. The van der Waals surface area contributed by atoms with E-state index in [2.05, 4.69) is 102 Å². The van der Waals surface area contributed by atoms with E-state index in [0.29, 0.717) is 5.89 Å². The number of hydrogen-bond donors (Lipinski definition) is 0. The first-order valence-corrected chi connectivity index (χ1v) is 12.7. The first-order valence-electron chi connectivity index (χ1n) is 12.7. The van der Waals surface area contributed by atoms with Crippen LogP contribution in [0.3, 0.4) is 0 Å². The summed E-state index contributed by atoms with van der Waals surface area (Å²) < 4.78 is 6.47. The van der Waals surface area contributed by atoms with Crippen molar-refractivity contribution >= 4 is 38.9 Å². The van der Waals surface area contributed by atoms with Crippen LogP contribution in [0.5, 0.6) is 0 Å². The number of anilines is 3. The zero-order valence-electron chi connectivity index (χ0n) is 20.7. The number of aromatic nitrogens is 1. The van der Waals surface area contributed by atoms with Crippen molar-refractivity contribution in [2.45, 2.75) is 0 Å². The fraction of sp³-hybridized carbons (Fsp3) is 0. The lowest BCUT2D eigenvalue weighted by Crippen LogP contribution is -2.10. The highest BCUT2D eigenvalue weighted by atomic mass is 16.3. The molecule has 3 heteroatoms. The molecule has 0 fully saturated rings. The van der Waals surface area contributed by atoms with Gasteiger partial charge < -0.3 is 9.32 Å². The molecule has 7 aromatic rings. The average molecular weight is 489 g/mol. The first kappa shape index (κ1) is 22.1. The minimum absolute atomic E-state index is 0.626. The Hall–Kier alpha value is -5.15. The molecule has 0 aliphatic heterocycles. The Bertz CT molecular complexity index is 1840. The van der Waals surface area contributed by atoms with E-state index in [4.69, 9.17) is 9.40 Å². The Kier molecular flexibility index (Phi) is 5.45. The highest BCUT2D eigenvalue weighted by Gasteiger charge is 2.19. The van der Waals surface area contributed by atoms with E-state index in [1.165, 1.54) is 11.1 Å². The van der Waals surface area contributed by atoms with Crippen LogP contribution in [0.1, 0.15) is 0 Å². The zero-order valence-corrected chi connectivity index (χ0v) is 20.7. The summed E-state index contributed by atoms with van der Waals surface area (Å²) in [4.78, 5) is 7.13. The van der Waals surface area contributed by atoms with Crippen LogP contribution < -0.4 is 4.90 Å². The Labute approximate surface area is 221 Å². The second-order valence-corrected chi connectivity index (χ2v) is 9.26. The molecule has 0 unspecified atom stereocenters. The van der Waals surface area contributed by atoms with Crippen molar-refractivity contribution in [3.63, 3.8) is 0 Å². The maximum atomic E-state index is 6.47. The summed E-state index contributed by atoms with van der Waals surface area (Å²) in [6.07, 6.45) is 0. The third-order valence-electron chi connectivity index (χ3n) is 6.88. The van der Waals surface area contributed by atoms with Crippen LogP contribution in [0, 0.1) is 0 Å². The van der Waals surface area contributed by atoms with Crippen LogP contribution in [-0.4, -0.2) is 4.98 Å². The van der Waals surface area contributed by atoms with Gasteiger partial charge >= 0.3 is 0 Å². The minimum Gasteiger partial charge on any atom is -0.435 e. The van der Waals surface area contributed by atoms with E-state index in [0.717, 1.165) is 44.5 Å².